The summed E-state index contributed by atoms with van der Waals surface area (Å²) < 4.78 is 13.1. The van der Waals surface area contributed by atoms with Crippen LogP contribution in [0.4, 0.5) is 10.1 Å². The number of thiophene rings is 1. The number of halogens is 1. The van der Waals surface area contributed by atoms with Crippen LogP contribution in [0.3, 0.4) is 0 Å². The first kappa shape index (κ1) is 16.6. The summed E-state index contributed by atoms with van der Waals surface area (Å²) in [4.78, 5) is 27.2. The van der Waals surface area contributed by atoms with Crippen LogP contribution in [-0.2, 0) is 4.79 Å². The lowest BCUT2D eigenvalue weighted by Crippen LogP contribution is -2.41. The number of aryl methyl sites for hydroxylation is 1. The molecule has 24 heavy (non-hydrogen) atoms. The fraction of sp³-hybridized carbons (Fsp3) is 0.333. The predicted molar refractivity (Wildman–Crippen MR) is 92.7 cm³/mol. The second-order valence-electron chi connectivity index (χ2n) is 5.99. The van der Waals surface area contributed by atoms with Crippen molar-refractivity contribution in [2.24, 2.45) is 5.92 Å². The molecule has 2 heterocycles. The molecule has 0 bridgehead atoms. The third-order valence-corrected chi connectivity index (χ3v) is 5.19. The maximum atomic E-state index is 13.1. The quantitative estimate of drug-likeness (QED) is 0.921. The summed E-state index contributed by atoms with van der Waals surface area (Å²) in [7, 11) is 0. The molecule has 0 radical (unpaired) electrons. The lowest BCUT2D eigenvalue weighted by atomic mass is 9.95. The number of benzene rings is 1. The molecule has 1 aromatic carbocycles. The zero-order valence-electron chi connectivity index (χ0n) is 13.4. The first-order valence-corrected chi connectivity index (χ1v) is 8.82. The number of nitrogens with zero attached hydrogens (tertiary/aromatic N) is 1. The highest BCUT2D eigenvalue weighted by Crippen LogP contribution is 2.23. The Kier molecular flexibility index (Phi) is 4.94. The number of rotatable bonds is 3. The lowest BCUT2D eigenvalue weighted by molar-refractivity contribution is -0.121. The first-order valence-electron chi connectivity index (χ1n) is 7.94. The maximum absolute atomic E-state index is 13.1. The molecule has 3 rings (SSSR count). The largest absolute Gasteiger partial charge is 0.338 e. The summed E-state index contributed by atoms with van der Waals surface area (Å²) in [6.45, 7) is 2.93. The molecular formula is C18H19FN2O2S. The van der Waals surface area contributed by atoms with Gasteiger partial charge in [0, 0.05) is 24.7 Å². The summed E-state index contributed by atoms with van der Waals surface area (Å²) in [6.07, 6.45) is 1.28. The van der Waals surface area contributed by atoms with Gasteiger partial charge in [-0.25, -0.2) is 4.39 Å². The van der Waals surface area contributed by atoms with E-state index < -0.39 is 0 Å². The van der Waals surface area contributed by atoms with E-state index in [2.05, 4.69) is 5.32 Å². The van der Waals surface area contributed by atoms with Crippen molar-refractivity contribution >= 4 is 28.8 Å². The Bertz CT molecular complexity index is 737. The van der Waals surface area contributed by atoms with E-state index in [-0.39, 0.29) is 23.5 Å². The van der Waals surface area contributed by atoms with Gasteiger partial charge in [0.2, 0.25) is 5.91 Å². The molecule has 0 saturated carbocycles. The molecule has 1 aromatic heterocycles. The highest BCUT2D eigenvalue weighted by molar-refractivity contribution is 7.12. The van der Waals surface area contributed by atoms with Crippen molar-refractivity contribution in [2.75, 3.05) is 18.4 Å². The normalized spacial score (nSPS) is 15.3. The number of amides is 2. The van der Waals surface area contributed by atoms with Gasteiger partial charge < -0.3 is 10.2 Å². The highest BCUT2D eigenvalue weighted by atomic mass is 32.1. The molecule has 2 aromatic rings. The van der Waals surface area contributed by atoms with E-state index in [1.165, 1.54) is 23.5 Å². The zero-order chi connectivity index (χ0) is 17.1. The second-order valence-corrected chi connectivity index (χ2v) is 6.94. The van der Waals surface area contributed by atoms with Crippen molar-refractivity contribution in [3.63, 3.8) is 0 Å². The Morgan fingerprint density at radius 1 is 1.25 bits per heavy atom. The molecule has 1 aliphatic rings. The van der Waals surface area contributed by atoms with Gasteiger partial charge in [-0.1, -0.05) is 6.07 Å². The van der Waals surface area contributed by atoms with E-state index in [9.17, 15) is 14.0 Å². The Labute approximate surface area is 144 Å². The lowest BCUT2D eigenvalue weighted by Gasteiger charge is -2.31. The molecule has 0 aliphatic carbocycles. The SMILES string of the molecule is Cc1cc(F)ccc1NC(=O)C1CCN(C(=O)c2cccs2)CC1. The van der Waals surface area contributed by atoms with Crippen LogP contribution >= 0.6 is 11.3 Å². The number of anilines is 1. The van der Waals surface area contributed by atoms with Crippen LogP contribution < -0.4 is 5.32 Å². The Morgan fingerprint density at radius 3 is 2.62 bits per heavy atom. The molecular weight excluding hydrogens is 327 g/mol. The van der Waals surface area contributed by atoms with Crippen LogP contribution in [0, 0.1) is 18.7 Å². The van der Waals surface area contributed by atoms with Gasteiger partial charge in [0.1, 0.15) is 5.82 Å². The van der Waals surface area contributed by atoms with Crippen LogP contribution in [0.15, 0.2) is 35.7 Å². The van der Waals surface area contributed by atoms with Crippen molar-refractivity contribution in [3.05, 3.63) is 52.0 Å². The third kappa shape index (κ3) is 3.64. The average Bonchev–Trinajstić information content (AvgIpc) is 3.11. The monoisotopic (exact) mass is 346 g/mol. The fourth-order valence-corrected chi connectivity index (χ4v) is 3.59. The topological polar surface area (TPSA) is 49.4 Å². The number of likely N-dealkylation sites (tertiary alicyclic amines) is 1. The summed E-state index contributed by atoms with van der Waals surface area (Å²) in [5.41, 5.74) is 1.34. The van der Waals surface area contributed by atoms with Crippen molar-refractivity contribution in [1.29, 1.82) is 0 Å². The molecule has 6 heteroatoms. The van der Waals surface area contributed by atoms with Gasteiger partial charge in [-0.15, -0.1) is 11.3 Å². The van der Waals surface area contributed by atoms with Gasteiger partial charge in [0.25, 0.3) is 5.91 Å². The van der Waals surface area contributed by atoms with E-state index in [1.54, 1.807) is 17.9 Å². The van der Waals surface area contributed by atoms with Crippen molar-refractivity contribution < 1.29 is 14.0 Å². The van der Waals surface area contributed by atoms with E-state index in [1.807, 2.05) is 17.5 Å². The number of hydrogen-bond acceptors (Lipinski definition) is 3. The van der Waals surface area contributed by atoms with Gasteiger partial charge in [0.05, 0.1) is 4.88 Å². The standard InChI is InChI=1S/C18H19FN2O2S/c1-12-11-14(19)4-5-15(12)20-17(22)13-6-8-21(9-7-13)18(23)16-3-2-10-24-16/h2-5,10-11,13H,6-9H2,1H3,(H,20,22). The van der Waals surface area contributed by atoms with Crippen molar-refractivity contribution in [2.45, 2.75) is 19.8 Å². The van der Waals surface area contributed by atoms with Crippen LogP contribution in [0.1, 0.15) is 28.1 Å². The number of nitrogens with one attached hydrogen (secondary N) is 1. The smallest absolute Gasteiger partial charge is 0.263 e. The molecule has 0 atom stereocenters. The number of carbonyl (C=O) groups excluding carboxylic acids is 2. The number of carbonyl (C=O) groups is 2. The van der Waals surface area contributed by atoms with Gasteiger partial charge in [-0.05, 0) is 55.0 Å². The van der Waals surface area contributed by atoms with Gasteiger partial charge in [-0.2, -0.15) is 0 Å². The minimum atomic E-state index is -0.314. The summed E-state index contributed by atoms with van der Waals surface area (Å²) in [5.74, 6) is -0.459. The Hall–Kier alpha value is -2.21. The van der Waals surface area contributed by atoms with Crippen LogP contribution in [0.25, 0.3) is 0 Å². The van der Waals surface area contributed by atoms with E-state index >= 15 is 0 Å². The fourth-order valence-electron chi connectivity index (χ4n) is 2.90. The zero-order valence-corrected chi connectivity index (χ0v) is 14.2. The highest BCUT2D eigenvalue weighted by Gasteiger charge is 2.28. The minimum absolute atomic E-state index is 0.0400. The molecule has 1 saturated heterocycles. The van der Waals surface area contributed by atoms with Crippen LogP contribution in [0.2, 0.25) is 0 Å². The van der Waals surface area contributed by atoms with Gasteiger partial charge in [0.15, 0.2) is 0 Å². The van der Waals surface area contributed by atoms with Gasteiger partial charge >= 0.3 is 0 Å². The number of hydrogen-bond donors (Lipinski definition) is 1. The third-order valence-electron chi connectivity index (χ3n) is 4.33. The van der Waals surface area contributed by atoms with E-state index in [0.717, 1.165) is 4.88 Å². The molecule has 1 fully saturated rings. The van der Waals surface area contributed by atoms with Crippen LogP contribution in [-0.4, -0.2) is 29.8 Å². The van der Waals surface area contributed by atoms with E-state index in [0.29, 0.717) is 37.2 Å². The summed E-state index contributed by atoms with van der Waals surface area (Å²) in [5, 5.41) is 4.76. The molecule has 4 nitrogen and oxygen atoms in total. The van der Waals surface area contributed by atoms with Gasteiger partial charge in [-0.3, -0.25) is 9.59 Å². The average molecular weight is 346 g/mol. The minimum Gasteiger partial charge on any atom is -0.338 e. The van der Waals surface area contributed by atoms with Crippen molar-refractivity contribution in [3.8, 4) is 0 Å². The molecule has 1 N–H and O–H groups in total. The predicted octanol–water partition coefficient (Wildman–Crippen LogP) is 3.69. The molecule has 2 amide bonds. The van der Waals surface area contributed by atoms with E-state index in [4.69, 9.17) is 0 Å². The Morgan fingerprint density at radius 2 is 2.00 bits per heavy atom. The molecule has 126 valence electrons. The molecule has 1 aliphatic heterocycles. The van der Waals surface area contributed by atoms with Crippen LogP contribution in [0.5, 0.6) is 0 Å². The molecule has 0 unspecified atom stereocenters. The maximum Gasteiger partial charge on any atom is 0.263 e. The molecule has 0 spiro atoms. The second kappa shape index (κ2) is 7.13. The summed E-state index contributed by atoms with van der Waals surface area (Å²) in [6, 6.07) is 8.01. The first-order chi connectivity index (χ1) is 11.5. The number of piperidine rings is 1. The van der Waals surface area contributed by atoms with Crippen molar-refractivity contribution in [1.82, 2.24) is 4.90 Å². The Balaban J connectivity index is 1.56. The summed E-state index contributed by atoms with van der Waals surface area (Å²) >= 11 is 1.44.